The van der Waals surface area contributed by atoms with Crippen molar-refractivity contribution >= 4 is 15.9 Å². The van der Waals surface area contributed by atoms with Crippen LogP contribution < -0.4 is 0 Å². The van der Waals surface area contributed by atoms with Crippen molar-refractivity contribution in [1.29, 1.82) is 0 Å². The standard InChI is InChI=1S/C7H15Br.C7H14/c1-2-3-4-5-6-7-8;1-3-5-7-6-4-2/h2-7H2,1H3;3H,1,4-7H2,2H3. The zero-order valence-corrected chi connectivity index (χ0v) is 12.3. The highest BCUT2D eigenvalue weighted by molar-refractivity contribution is 9.09. The second-order valence-corrected chi connectivity index (χ2v) is 4.68. The van der Waals surface area contributed by atoms with Gasteiger partial charge in [-0.1, -0.05) is 74.4 Å². The molecule has 0 aliphatic heterocycles. The van der Waals surface area contributed by atoms with Gasteiger partial charge in [0.2, 0.25) is 0 Å². The Kier molecular flexibility index (Phi) is 23.2. The number of rotatable bonds is 9. The van der Waals surface area contributed by atoms with Crippen molar-refractivity contribution in [2.45, 2.75) is 71.6 Å². The summed E-state index contributed by atoms with van der Waals surface area (Å²) in [6, 6.07) is 0. The summed E-state index contributed by atoms with van der Waals surface area (Å²) in [5.74, 6) is 0. The zero-order chi connectivity index (χ0) is 11.8. The van der Waals surface area contributed by atoms with Crippen molar-refractivity contribution in [1.82, 2.24) is 0 Å². The monoisotopic (exact) mass is 276 g/mol. The van der Waals surface area contributed by atoms with Crippen LogP contribution in [0.2, 0.25) is 0 Å². The van der Waals surface area contributed by atoms with Crippen molar-refractivity contribution in [2.75, 3.05) is 5.33 Å². The molecule has 0 rings (SSSR count). The molecule has 92 valence electrons. The zero-order valence-electron chi connectivity index (χ0n) is 10.7. The molecule has 0 amide bonds. The van der Waals surface area contributed by atoms with E-state index in [9.17, 15) is 0 Å². The summed E-state index contributed by atoms with van der Waals surface area (Å²) < 4.78 is 0. The summed E-state index contributed by atoms with van der Waals surface area (Å²) in [5, 5.41) is 1.18. The lowest BCUT2D eigenvalue weighted by Gasteiger charge is -1.93. The predicted molar refractivity (Wildman–Crippen MR) is 76.9 cm³/mol. The van der Waals surface area contributed by atoms with Gasteiger partial charge in [0.25, 0.3) is 0 Å². The Bertz CT molecular complexity index is 93.5. The van der Waals surface area contributed by atoms with Gasteiger partial charge < -0.3 is 0 Å². The van der Waals surface area contributed by atoms with Gasteiger partial charge in [0.05, 0.1) is 0 Å². The average molecular weight is 277 g/mol. The molecule has 0 saturated heterocycles. The molecule has 0 unspecified atom stereocenters. The van der Waals surface area contributed by atoms with Gasteiger partial charge in [-0.25, -0.2) is 0 Å². The third-order valence-electron chi connectivity index (χ3n) is 2.25. The fourth-order valence-electron chi connectivity index (χ4n) is 1.24. The van der Waals surface area contributed by atoms with Gasteiger partial charge in [-0.05, 0) is 19.3 Å². The van der Waals surface area contributed by atoms with Crippen LogP contribution >= 0.6 is 15.9 Å². The van der Waals surface area contributed by atoms with E-state index in [1.54, 1.807) is 0 Å². The van der Waals surface area contributed by atoms with E-state index in [0.29, 0.717) is 0 Å². The first-order chi connectivity index (χ1) is 7.33. The first kappa shape index (κ1) is 17.6. The van der Waals surface area contributed by atoms with Gasteiger partial charge in [0, 0.05) is 5.33 Å². The summed E-state index contributed by atoms with van der Waals surface area (Å²) >= 11 is 3.40. The molecule has 0 fully saturated rings. The van der Waals surface area contributed by atoms with E-state index in [1.165, 1.54) is 63.1 Å². The maximum Gasteiger partial charge on any atom is 0.00313 e. The fraction of sp³-hybridized carbons (Fsp3) is 0.857. The number of unbranched alkanes of at least 4 members (excludes halogenated alkanes) is 7. The van der Waals surface area contributed by atoms with Crippen LogP contribution in [0.4, 0.5) is 0 Å². The highest BCUT2D eigenvalue weighted by Gasteiger charge is 1.84. The van der Waals surface area contributed by atoms with Crippen LogP contribution in [0.25, 0.3) is 0 Å². The van der Waals surface area contributed by atoms with E-state index in [0.717, 1.165) is 0 Å². The maximum absolute atomic E-state index is 3.63. The third-order valence-corrected chi connectivity index (χ3v) is 2.81. The van der Waals surface area contributed by atoms with Crippen molar-refractivity contribution in [3.63, 3.8) is 0 Å². The highest BCUT2D eigenvalue weighted by atomic mass is 79.9. The number of halogens is 1. The van der Waals surface area contributed by atoms with Crippen LogP contribution in [0, 0.1) is 0 Å². The van der Waals surface area contributed by atoms with Crippen molar-refractivity contribution in [3.8, 4) is 0 Å². The Balaban J connectivity index is 0. The van der Waals surface area contributed by atoms with Gasteiger partial charge in [-0.15, -0.1) is 6.58 Å². The van der Waals surface area contributed by atoms with Gasteiger partial charge in [-0.2, -0.15) is 0 Å². The molecule has 0 aliphatic rings. The molecule has 0 atom stereocenters. The number of allylic oxidation sites excluding steroid dienone is 1. The van der Waals surface area contributed by atoms with Crippen molar-refractivity contribution in [3.05, 3.63) is 12.7 Å². The molecule has 0 aromatic rings. The third kappa shape index (κ3) is 25.0. The minimum atomic E-state index is 1.18. The second kappa shape index (κ2) is 19.7. The quantitative estimate of drug-likeness (QED) is 0.271. The maximum atomic E-state index is 3.63. The molecule has 0 aromatic heterocycles. The van der Waals surface area contributed by atoms with Crippen LogP contribution in [-0.2, 0) is 0 Å². The number of alkyl halides is 1. The molecule has 0 aliphatic carbocycles. The molecular formula is C14H29Br. The summed E-state index contributed by atoms with van der Waals surface area (Å²) in [6.07, 6.45) is 14.1. The molecule has 0 saturated carbocycles. The molecule has 0 bridgehead atoms. The van der Waals surface area contributed by atoms with E-state index in [-0.39, 0.29) is 0 Å². The molecular weight excluding hydrogens is 248 g/mol. The van der Waals surface area contributed by atoms with Gasteiger partial charge in [-0.3, -0.25) is 0 Å². The van der Waals surface area contributed by atoms with Crippen LogP contribution in [0.15, 0.2) is 12.7 Å². The smallest absolute Gasteiger partial charge is 0.00313 e. The van der Waals surface area contributed by atoms with E-state index < -0.39 is 0 Å². The Morgan fingerprint density at radius 1 is 0.867 bits per heavy atom. The Morgan fingerprint density at radius 3 is 1.87 bits per heavy atom. The molecule has 0 aromatic carbocycles. The number of hydrogen-bond acceptors (Lipinski definition) is 0. The molecule has 0 N–H and O–H groups in total. The minimum Gasteiger partial charge on any atom is -0.103 e. The Morgan fingerprint density at radius 2 is 1.40 bits per heavy atom. The lowest BCUT2D eigenvalue weighted by molar-refractivity contribution is 0.660. The van der Waals surface area contributed by atoms with Crippen LogP contribution in [0.5, 0.6) is 0 Å². The molecule has 15 heavy (non-hydrogen) atoms. The summed E-state index contributed by atoms with van der Waals surface area (Å²) in [4.78, 5) is 0. The fourth-order valence-corrected chi connectivity index (χ4v) is 1.63. The van der Waals surface area contributed by atoms with Gasteiger partial charge >= 0.3 is 0 Å². The molecule has 0 radical (unpaired) electrons. The van der Waals surface area contributed by atoms with Crippen molar-refractivity contribution in [2.24, 2.45) is 0 Å². The summed E-state index contributed by atoms with van der Waals surface area (Å²) in [6.45, 7) is 8.09. The Labute approximate surface area is 106 Å². The van der Waals surface area contributed by atoms with E-state index in [1.807, 2.05) is 6.08 Å². The molecule has 0 spiro atoms. The lowest BCUT2D eigenvalue weighted by atomic mass is 10.2. The first-order valence-electron chi connectivity index (χ1n) is 6.50. The average Bonchev–Trinajstić information content (AvgIpc) is 2.26. The predicted octanol–water partition coefficient (Wildman–Crippen LogP) is 6.10. The summed E-state index contributed by atoms with van der Waals surface area (Å²) in [7, 11) is 0. The van der Waals surface area contributed by atoms with Crippen LogP contribution in [-0.4, -0.2) is 5.33 Å². The molecule has 0 nitrogen and oxygen atoms in total. The SMILES string of the molecule is C=CCCCCC.CCCCCCCBr. The minimum absolute atomic E-state index is 1.18. The van der Waals surface area contributed by atoms with E-state index in [4.69, 9.17) is 0 Å². The lowest BCUT2D eigenvalue weighted by Crippen LogP contribution is -1.76. The summed E-state index contributed by atoms with van der Waals surface area (Å²) in [5.41, 5.74) is 0. The highest BCUT2D eigenvalue weighted by Crippen LogP contribution is 2.03. The van der Waals surface area contributed by atoms with Crippen molar-refractivity contribution < 1.29 is 0 Å². The Hall–Kier alpha value is 0.220. The van der Waals surface area contributed by atoms with E-state index in [2.05, 4.69) is 36.4 Å². The molecule has 0 heterocycles. The van der Waals surface area contributed by atoms with E-state index >= 15 is 0 Å². The van der Waals surface area contributed by atoms with Crippen LogP contribution in [0.3, 0.4) is 0 Å². The topological polar surface area (TPSA) is 0 Å². The van der Waals surface area contributed by atoms with Gasteiger partial charge in [0.1, 0.15) is 0 Å². The normalized spacial score (nSPS) is 9.27. The number of hydrogen-bond donors (Lipinski definition) is 0. The molecule has 1 heteroatoms. The van der Waals surface area contributed by atoms with Gasteiger partial charge in [0.15, 0.2) is 0 Å². The second-order valence-electron chi connectivity index (χ2n) is 3.89. The first-order valence-corrected chi connectivity index (χ1v) is 7.62. The largest absolute Gasteiger partial charge is 0.103 e. The van der Waals surface area contributed by atoms with Crippen LogP contribution in [0.1, 0.15) is 71.6 Å².